The van der Waals surface area contributed by atoms with Gasteiger partial charge in [-0.25, -0.2) is 27.5 Å². The number of sulfonamides is 1. The number of hydrogen-bond donors (Lipinski definition) is 2. The van der Waals surface area contributed by atoms with Gasteiger partial charge in [0.25, 0.3) is 10.0 Å². The Morgan fingerprint density at radius 3 is 2.60 bits per heavy atom. The van der Waals surface area contributed by atoms with Crippen LogP contribution in [0.1, 0.15) is 5.56 Å². The summed E-state index contributed by atoms with van der Waals surface area (Å²) in [6.45, 7) is 0.348. The molecule has 0 bridgehead atoms. The predicted molar refractivity (Wildman–Crippen MR) is 72.0 cm³/mol. The van der Waals surface area contributed by atoms with Crippen molar-refractivity contribution in [2.45, 2.75) is 11.3 Å². The summed E-state index contributed by atoms with van der Waals surface area (Å²) < 4.78 is 40.1. The van der Waals surface area contributed by atoms with E-state index in [1.54, 1.807) is 6.07 Å². The Balaban J connectivity index is 2.36. The molecule has 0 aliphatic rings. The first-order valence-electron chi connectivity index (χ1n) is 5.81. The maximum atomic E-state index is 13.7. The fraction of sp³-hybridized carbons (Fsp3) is 0.167. The van der Waals surface area contributed by atoms with Crippen molar-refractivity contribution in [1.29, 1.82) is 0 Å². The minimum Gasteiger partial charge on any atom is -0.330 e. The van der Waals surface area contributed by atoms with Gasteiger partial charge in [0.2, 0.25) is 5.95 Å². The zero-order valence-electron chi connectivity index (χ0n) is 10.5. The van der Waals surface area contributed by atoms with Crippen molar-refractivity contribution in [3.05, 3.63) is 48.0 Å². The second-order valence-electron chi connectivity index (χ2n) is 3.98. The Labute approximate surface area is 115 Å². The average molecular weight is 296 g/mol. The third-order valence-corrected chi connectivity index (χ3v) is 3.85. The Kier molecular flexibility index (Phi) is 4.26. The van der Waals surface area contributed by atoms with Crippen LogP contribution in [-0.4, -0.2) is 24.9 Å². The summed E-state index contributed by atoms with van der Waals surface area (Å²) in [7, 11) is -4.08. The summed E-state index contributed by atoms with van der Waals surface area (Å²) in [5.41, 5.74) is 6.04. The Hall–Kier alpha value is -2.06. The van der Waals surface area contributed by atoms with Crippen LogP contribution in [0.5, 0.6) is 0 Å². The number of nitrogens with zero attached hydrogens (tertiary/aromatic N) is 2. The Bertz CT molecular complexity index is 692. The predicted octanol–water partition coefficient (Wildman–Crippen LogP) is 0.918. The average Bonchev–Trinajstić information content (AvgIpc) is 2.42. The van der Waals surface area contributed by atoms with Crippen molar-refractivity contribution in [2.75, 3.05) is 11.3 Å². The third-order valence-electron chi connectivity index (χ3n) is 2.51. The van der Waals surface area contributed by atoms with E-state index in [-0.39, 0.29) is 5.95 Å². The quantitative estimate of drug-likeness (QED) is 0.855. The van der Waals surface area contributed by atoms with E-state index in [1.165, 1.54) is 24.5 Å². The highest BCUT2D eigenvalue weighted by molar-refractivity contribution is 7.92. The summed E-state index contributed by atoms with van der Waals surface area (Å²) in [4.78, 5) is 7.02. The van der Waals surface area contributed by atoms with Crippen molar-refractivity contribution in [1.82, 2.24) is 9.97 Å². The molecule has 0 amide bonds. The molecular formula is C12H13FN4O2S. The number of nitrogens with one attached hydrogen (secondary N) is 1. The second-order valence-corrected chi connectivity index (χ2v) is 5.63. The van der Waals surface area contributed by atoms with Gasteiger partial charge in [-0.1, -0.05) is 6.07 Å². The van der Waals surface area contributed by atoms with Gasteiger partial charge in [0.05, 0.1) is 0 Å². The number of nitrogens with two attached hydrogens (primary N) is 1. The molecule has 0 aliphatic carbocycles. The molecule has 0 fully saturated rings. The largest absolute Gasteiger partial charge is 0.330 e. The molecule has 2 aromatic rings. The summed E-state index contributed by atoms with van der Waals surface area (Å²) in [5, 5.41) is 0. The molecule has 0 saturated heterocycles. The lowest BCUT2D eigenvalue weighted by atomic mass is 10.1. The van der Waals surface area contributed by atoms with E-state index < -0.39 is 20.7 Å². The van der Waals surface area contributed by atoms with Gasteiger partial charge in [-0.3, -0.25) is 0 Å². The second kappa shape index (κ2) is 5.93. The highest BCUT2D eigenvalue weighted by Gasteiger charge is 2.20. The SMILES string of the molecule is NCCc1ccc(F)c(S(=O)(=O)Nc2ncccn2)c1. The molecule has 1 aromatic carbocycles. The van der Waals surface area contributed by atoms with Gasteiger partial charge < -0.3 is 5.73 Å². The molecule has 20 heavy (non-hydrogen) atoms. The van der Waals surface area contributed by atoms with E-state index in [1.807, 2.05) is 0 Å². The van der Waals surface area contributed by atoms with E-state index >= 15 is 0 Å². The summed E-state index contributed by atoms with van der Waals surface area (Å²) in [6.07, 6.45) is 3.22. The van der Waals surface area contributed by atoms with Crippen molar-refractivity contribution >= 4 is 16.0 Å². The molecule has 2 rings (SSSR count). The van der Waals surface area contributed by atoms with Gasteiger partial charge in [-0.2, -0.15) is 0 Å². The van der Waals surface area contributed by atoms with Gasteiger partial charge in [-0.05, 0) is 36.7 Å². The van der Waals surface area contributed by atoms with Crippen LogP contribution in [0.4, 0.5) is 10.3 Å². The molecule has 6 nitrogen and oxygen atoms in total. The van der Waals surface area contributed by atoms with Gasteiger partial charge >= 0.3 is 0 Å². The van der Waals surface area contributed by atoms with Crippen LogP contribution in [0.3, 0.4) is 0 Å². The molecule has 0 aliphatic heterocycles. The zero-order valence-corrected chi connectivity index (χ0v) is 11.3. The van der Waals surface area contributed by atoms with Crippen LogP contribution < -0.4 is 10.5 Å². The lowest BCUT2D eigenvalue weighted by Crippen LogP contribution is -2.17. The lowest BCUT2D eigenvalue weighted by molar-refractivity contribution is 0.569. The first kappa shape index (κ1) is 14.4. The molecular weight excluding hydrogens is 283 g/mol. The fourth-order valence-corrected chi connectivity index (χ4v) is 2.69. The number of rotatable bonds is 5. The highest BCUT2D eigenvalue weighted by atomic mass is 32.2. The number of hydrogen-bond acceptors (Lipinski definition) is 5. The van der Waals surface area contributed by atoms with Crippen LogP contribution in [0.15, 0.2) is 41.6 Å². The van der Waals surface area contributed by atoms with Crippen LogP contribution in [-0.2, 0) is 16.4 Å². The molecule has 0 radical (unpaired) electrons. The smallest absolute Gasteiger partial charge is 0.267 e. The topological polar surface area (TPSA) is 98.0 Å². The number of halogens is 1. The van der Waals surface area contributed by atoms with E-state index in [0.29, 0.717) is 18.5 Å². The van der Waals surface area contributed by atoms with Crippen molar-refractivity contribution in [2.24, 2.45) is 5.73 Å². The third kappa shape index (κ3) is 3.28. The van der Waals surface area contributed by atoms with E-state index in [9.17, 15) is 12.8 Å². The van der Waals surface area contributed by atoms with Crippen LogP contribution in [0, 0.1) is 5.82 Å². The number of anilines is 1. The molecule has 106 valence electrons. The van der Waals surface area contributed by atoms with Crippen molar-refractivity contribution < 1.29 is 12.8 Å². The first-order valence-corrected chi connectivity index (χ1v) is 7.29. The highest BCUT2D eigenvalue weighted by Crippen LogP contribution is 2.18. The molecule has 8 heteroatoms. The standard InChI is InChI=1S/C12H13FN4O2S/c13-10-3-2-9(4-5-14)8-11(10)20(18,19)17-12-15-6-1-7-16-12/h1-3,6-8H,4-5,14H2,(H,15,16,17). The first-order chi connectivity index (χ1) is 9.53. The van der Waals surface area contributed by atoms with Crippen LogP contribution in [0.25, 0.3) is 0 Å². The molecule has 1 aromatic heterocycles. The van der Waals surface area contributed by atoms with Gasteiger partial charge in [0, 0.05) is 12.4 Å². The van der Waals surface area contributed by atoms with Crippen LogP contribution in [0.2, 0.25) is 0 Å². The zero-order chi connectivity index (χ0) is 14.6. The minimum absolute atomic E-state index is 0.115. The van der Waals surface area contributed by atoms with Crippen molar-refractivity contribution in [3.8, 4) is 0 Å². The fourth-order valence-electron chi connectivity index (χ4n) is 1.60. The van der Waals surface area contributed by atoms with E-state index in [4.69, 9.17) is 5.73 Å². The molecule has 0 spiro atoms. The van der Waals surface area contributed by atoms with Crippen molar-refractivity contribution in [3.63, 3.8) is 0 Å². The Morgan fingerprint density at radius 1 is 1.25 bits per heavy atom. The minimum atomic E-state index is -4.08. The molecule has 1 heterocycles. The monoisotopic (exact) mass is 296 g/mol. The van der Waals surface area contributed by atoms with E-state index in [0.717, 1.165) is 6.07 Å². The normalized spacial score (nSPS) is 11.3. The molecule has 0 saturated carbocycles. The molecule has 0 unspecified atom stereocenters. The number of benzene rings is 1. The summed E-state index contributed by atoms with van der Waals surface area (Å²) in [5.74, 6) is -0.953. The number of aromatic nitrogens is 2. The molecule has 0 atom stereocenters. The van der Waals surface area contributed by atoms with E-state index in [2.05, 4.69) is 14.7 Å². The Morgan fingerprint density at radius 2 is 1.95 bits per heavy atom. The summed E-state index contributed by atoms with van der Waals surface area (Å²) in [6, 6.07) is 5.40. The maximum absolute atomic E-state index is 13.7. The van der Waals surface area contributed by atoms with Crippen LogP contribution >= 0.6 is 0 Å². The van der Waals surface area contributed by atoms with Gasteiger partial charge in [-0.15, -0.1) is 0 Å². The molecule has 3 N–H and O–H groups in total. The van der Waals surface area contributed by atoms with Gasteiger partial charge in [0.1, 0.15) is 10.7 Å². The van der Waals surface area contributed by atoms with Gasteiger partial charge in [0.15, 0.2) is 0 Å². The summed E-state index contributed by atoms with van der Waals surface area (Å²) >= 11 is 0. The lowest BCUT2D eigenvalue weighted by Gasteiger charge is -2.08. The maximum Gasteiger partial charge on any atom is 0.267 e.